The van der Waals surface area contributed by atoms with Crippen molar-refractivity contribution in [2.45, 2.75) is 26.7 Å². The molecule has 3 heteroatoms. The average molecular weight is 190 g/mol. The quantitative estimate of drug-likeness (QED) is 0.632. The lowest BCUT2D eigenvalue weighted by Crippen LogP contribution is -2.29. The molecule has 2 rings (SSSR count). The second-order valence-electron chi connectivity index (χ2n) is 4.92. The molecule has 0 unspecified atom stereocenters. The summed E-state index contributed by atoms with van der Waals surface area (Å²) in [6.07, 6.45) is 2.12. The van der Waals surface area contributed by atoms with Gasteiger partial charge in [-0.2, -0.15) is 0 Å². The fourth-order valence-electron chi connectivity index (χ4n) is 2.24. The van der Waals surface area contributed by atoms with Crippen LogP contribution in [0.15, 0.2) is 18.2 Å². The van der Waals surface area contributed by atoms with Gasteiger partial charge in [-0.3, -0.25) is 0 Å². The van der Waals surface area contributed by atoms with Gasteiger partial charge in [-0.05, 0) is 34.8 Å². The molecule has 0 saturated carbocycles. The van der Waals surface area contributed by atoms with Gasteiger partial charge in [0.15, 0.2) is 0 Å². The minimum absolute atomic E-state index is 0.321. The molecule has 0 saturated heterocycles. The van der Waals surface area contributed by atoms with Gasteiger partial charge >= 0.3 is 7.12 Å². The molecule has 0 atom stereocenters. The predicted molar refractivity (Wildman–Crippen MR) is 57.5 cm³/mol. The van der Waals surface area contributed by atoms with Crippen LogP contribution in [0.5, 0.6) is 0 Å². The monoisotopic (exact) mass is 190 g/mol. The fraction of sp³-hybridized carbons (Fsp3) is 0.455. The lowest BCUT2D eigenvalue weighted by Gasteiger charge is -2.14. The molecule has 0 radical (unpaired) electrons. The first-order valence-electron chi connectivity index (χ1n) is 4.96. The van der Waals surface area contributed by atoms with E-state index in [2.05, 4.69) is 13.8 Å². The third-order valence-electron chi connectivity index (χ3n) is 2.87. The van der Waals surface area contributed by atoms with Crippen LogP contribution in [0.1, 0.15) is 25.0 Å². The zero-order valence-electron chi connectivity index (χ0n) is 8.62. The Bertz CT molecular complexity index is 358. The Morgan fingerprint density at radius 2 is 1.79 bits per heavy atom. The maximum atomic E-state index is 9.04. The van der Waals surface area contributed by atoms with Gasteiger partial charge in [-0.1, -0.05) is 32.0 Å². The summed E-state index contributed by atoms with van der Waals surface area (Å²) in [4.78, 5) is 0. The van der Waals surface area contributed by atoms with E-state index in [1.165, 1.54) is 11.1 Å². The second kappa shape index (κ2) is 3.11. The van der Waals surface area contributed by atoms with Gasteiger partial charge in [0.1, 0.15) is 0 Å². The normalized spacial score (nSPS) is 18.0. The summed E-state index contributed by atoms with van der Waals surface area (Å²) >= 11 is 0. The Labute approximate surface area is 84.7 Å². The van der Waals surface area contributed by atoms with E-state index in [0.717, 1.165) is 12.8 Å². The number of hydrogen-bond donors (Lipinski definition) is 2. The van der Waals surface area contributed by atoms with E-state index in [4.69, 9.17) is 10.0 Å². The molecule has 0 aliphatic heterocycles. The van der Waals surface area contributed by atoms with Gasteiger partial charge in [0, 0.05) is 0 Å². The van der Waals surface area contributed by atoms with E-state index in [-0.39, 0.29) is 0 Å². The van der Waals surface area contributed by atoms with Crippen LogP contribution in [0.3, 0.4) is 0 Å². The summed E-state index contributed by atoms with van der Waals surface area (Å²) in [5.41, 5.74) is 3.53. The first-order valence-corrected chi connectivity index (χ1v) is 4.96. The Morgan fingerprint density at radius 1 is 1.14 bits per heavy atom. The lowest BCUT2D eigenvalue weighted by atomic mass is 9.79. The van der Waals surface area contributed by atoms with Gasteiger partial charge in [0.05, 0.1) is 0 Å². The van der Waals surface area contributed by atoms with Gasteiger partial charge in [-0.15, -0.1) is 0 Å². The van der Waals surface area contributed by atoms with Crippen molar-refractivity contribution in [1.82, 2.24) is 0 Å². The topological polar surface area (TPSA) is 40.5 Å². The van der Waals surface area contributed by atoms with Gasteiger partial charge in [0.2, 0.25) is 0 Å². The molecule has 0 spiro atoms. The molecule has 74 valence electrons. The van der Waals surface area contributed by atoms with Crippen molar-refractivity contribution in [3.8, 4) is 0 Å². The highest BCUT2D eigenvalue weighted by Gasteiger charge is 2.28. The maximum absolute atomic E-state index is 9.04. The highest BCUT2D eigenvalue weighted by atomic mass is 16.4. The van der Waals surface area contributed by atoms with Crippen LogP contribution in [0, 0.1) is 5.41 Å². The third kappa shape index (κ3) is 1.70. The molecule has 0 amide bonds. The van der Waals surface area contributed by atoms with Crippen molar-refractivity contribution >= 4 is 12.6 Å². The number of benzene rings is 1. The van der Waals surface area contributed by atoms with Gasteiger partial charge in [0.25, 0.3) is 0 Å². The minimum atomic E-state index is -1.34. The summed E-state index contributed by atoms with van der Waals surface area (Å²) in [5, 5.41) is 18.1. The SMILES string of the molecule is CC1(C)Cc2ccc(B(O)O)cc2C1. The summed E-state index contributed by atoms with van der Waals surface area (Å²) < 4.78 is 0. The molecule has 2 nitrogen and oxygen atoms in total. The fourth-order valence-corrected chi connectivity index (χ4v) is 2.24. The standard InChI is InChI=1S/C11H15BO2/c1-11(2)6-8-3-4-10(12(13)14)5-9(8)7-11/h3-5,13-14H,6-7H2,1-2H3. The van der Waals surface area contributed by atoms with Crippen molar-refractivity contribution < 1.29 is 10.0 Å². The number of hydrogen-bond acceptors (Lipinski definition) is 2. The van der Waals surface area contributed by atoms with Crippen LogP contribution in [0.4, 0.5) is 0 Å². The molecule has 0 heterocycles. The first-order chi connectivity index (χ1) is 6.48. The molecule has 14 heavy (non-hydrogen) atoms. The Morgan fingerprint density at radius 3 is 2.43 bits per heavy atom. The summed E-state index contributed by atoms with van der Waals surface area (Å²) in [7, 11) is -1.34. The van der Waals surface area contributed by atoms with Crippen LogP contribution in [0.25, 0.3) is 0 Å². The highest BCUT2D eigenvalue weighted by molar-refractivity contribution is 6.58. The Hall–Kier alpha value is -0.795. The molecule has 0 bridgehead atoms. The molecular formula is C11H15BO2. The molecule has 2 N–H and O–H groups in total. The maximum Gasteiger partial charge on any atom is 0.488 e. The molecule has 1 aromatic rings. The van der Waals surface area contributed by atoms with Gasteiger partial charge < -0.3 is 10.0 Å². The van der Waals surface area contributed by atoms with Gasteiger partial charge in [-0.25, -0.2) is 0 Å². The number of rotatable bonds is 1. The summed E-state index contributed by atoms with van der Waals surface area (Å²) in [6.45, 7) is 4.48. The summed E-state index contributed by atoms with van der Waals surface area (Å²) in [6, 6.07) is 5.72. The Kier molecular flexibility index (Phi) is 2.16. The van der Waals surface area contributed by atoms with E-state index in [0.29, 0.717) is 10.9 Å². The molecule has 1 aliphatic carbocycles. The van der Waals surface area contributed by atoms with E-state index < -0.39 is 7.12 Å². The van der Waals surface area contributed by atoms with E-state index in [1.54, 1.807) is 6.07 Å². The van der Waals surface area contributed by atoms with Crippen LogP contribution in [-0.2, 0) is 12.8 Å². The highest BCUT2D eigenvalue weighted by Crippen LogP contribution is 2.35. The first kappa shape index (κ1) is 9.75. The number of fused-ring (bicyclic) bond motifs is 1. The van der Waals surface area contributed by atoms with E-state index in [1.807, 2.05) is 12.1 Å². The van der Waals surface area contributed by atoms with Crippen LogP contribution in [-0.4, -0.2) is 17.2 Å². The smallest absolute Gasteiger partial charge is 0.423 e. The molecular weight excluding hydrogens is 175 g/mol. The summed E-state index contributed by atoms with van der Waals surface area (Å²) in [5.74, 6) is 0. The molecule has 0 aromatic heterocycles. The Balaban J connectivity index is 2.36. The zero-order chi connectivity index (χ0) is 10.3. The van der Waals surface area contributed by atoms with Crippen molar-refractivity contribution in [1.29, 1.82) is 0 Å². The predicted octanol–water partition coefficient (Wildman–Crippen LogP) is 0.491. The van der Waals surface area contributed by atoms with E-state index >= 15 is 0 Å². The van der Waals surface area contributed by atoms with Crippen LogP contribution >= 0.6 is 0 Å². The second-order valence-corrected chi connectivity index (χ2v) is 4.92. The minimum Gasteiger partial charge on any atom is -0.423 e. The largest absolute Gasteiger partial charge is 0.488 e. The zero-order valence-corrected chi connectivity index (χ0v) is 8.62. The van der Waals surface area contributed by atoms with Crippen molar-refractivity contribution in [3.05, 3.63) is 29.3 Å². The molecule has 1 aromatic carbocycles. The van der Waals surface area contributed by atoms with Crippen LogP contribution in [0.2, 0.25) is 0 Å². The molecule has 1 aliphatic rings. The third-order valence-corrected chi connectivity index (χ3v) is 2.87. The van der Waals surface area contributed by atoms with Crippen molar-refractivity contribution in [2.75, 3.05) is 0 Å². The van der Waals surface area contributed by atoms with Crippen LogP contribution < -0.4 is 5.46 Å². The van der Waals surface area contributed by atoms with E-state index in [9.17, 15) is 0 Å². The van der Waals surface area contributed by atoms with Crippen molar-refractivity contribution in [2.24, 2.45) is 5.41 Å². The van der Waals surface area contributed by atoms with Crippen molar-refractivity contribution in [3.63, 3.8) is 0 Å². The average Bonchev–Trinajstić information content (AvgIpc) is 2.36. The lowest BCUT2D eigenvalue weighted by molar-refractivity contribution is 0.392. The molecule has 0 fully saturated rings.